The van der Waals surface area contributed by atoms with Crippen molar-refractivity contribution in [1.82, 2.24) is 4.98 Å². The van der Waals surface area contributed by atoms with Gasteiger partial charge in [0.15, 0.2) is 5.84 Å². The lowest BCUT2D eigenvalue weighted by atomic mass is 10.1. The molecule has 0 amide bonds. The smallest absolute Gasteiger partial charge is 0.201 e. The molecule has 0 aliphatic rings. The number of aryl methyl sites for hydroxylation is 1. The van der Waals surface area contributed by atoms with E-state index in [0.717, 1.165) is 16.5 Å². The molecule has 94 valence electrons. The van der Waals surface area contributed by atoms with E-state index in [-0.39, 0.29) is 11.5 Å². The number of hydrogen-bond acceptors (Lipinski definition) is 5. The van der Waals surface area contributed by atoms with E-state index in [1.165, 1.54) is 0 Å². The summed E-state index contributed by atoms with van der Waals surface area (Å²) >= 11 is 0. The van der Waals surface area contributed by atoms with Crippen molar-refractivity contribution >= 4 is 28.1 Å². The Morgan fingerprint density at radius 1 is 1.47 bits per heavy atom. The number of benzene rings is 1. The normalized spacial score (nSPS) is 11.1. The Balaban J connectivity index is 2.49. The van der Waals surface area contributed by atoms with Gasteiger partial charge in [-0.15, -0.1) is 0 Å². The first-order valence-corrected chi connectivity index (χ1v) is 5.56. The van der Waals surface area contributed by atoms with E-state index in [4.69, 9.17) is 16.4 Å². The van der Waals surface area contributed by atoms with Crippen molar-refractivity contribution in [3.05, 3.63) is 36.0 Å². The number of nitrogens with zero attached hydrogens (tertiary/aromatic N) is 3. The molecule has 6 nitrogen and oxygen atoms in total. The Bertz CT molecular complexity index is 711. The Labute approximate surface area is 110 Å². The van der Waals surface area contributed by atoms with Crippen LogP contribution in [0.2, 0.25) is 0 Å². The van der Waals surface area contributed by atoms with Crippen LogP contribution in [-0.4, -0.2) is 16.5 Å². The first-order chi connectivity index (χ1) is 9.13. The van der Waals surface area contributed by atoms with Crippen LogP contribution in [0.15, 0.2) is 35.6 Å². The first kappa shape index (κ1) is 12.5. The van der Waals surface area contributed by atoms with E-state index >= 15 is 0 Å². The SMILES string of the molecule is Cc1ccc2cccnc2c1N/N=C(\C#N)C(=N)N. The lowest BCUT2D eigenvalue weighted by Crippen LogP contribution is -2.22. The number of amidine groups is 1. The van der Waals surface area contributed by atoms with Crippen LogP contribution in [0, 0.1) is 23.7 Å². The van der Waals surface area contributed by atoms with Crippen LogP contribution < -0.4 is 11.2 Å². The Morgan fingerprint density at radius 3 is 2.95 bits per heavy atom. The predicted octanol–water partition coefficient (Wildman–Crippen LogP) is 1.77. The predicted molar refractivity (Wildman–Crippen MR) is 75.1 cm³/mol. The number of rotatable bonds is 3. The molecule has 0 saturated heterocycles. The minimum atomic E-state index is -0.374. The topological polar surface area (TPSA) is 111 Å². The highest BCUT2D eigenvalue weighted by molar-refractivity contribution is 6.45. The summed E-state index contributed by atoms with van der Waals surface area (Å²) in [7, 11) is 0. The molecule has 1 aromatic carbocycles. The number of fused-ring (bicyclic) bond motifs is 1. The van der Waals surface area contributed by atoms with E-state index in [9.17, 15) is 0 Å². The molecule has 4 N–H and O–H groups in total. The zero-order chi connectivity index (χ0) is 13.8. The van der Waals surface area contributed by atoms with Gasteiger partial charge in [0.25, 0.3) is 0 Å². The highest BCUT2D eigenvalue weighted by Gasteiger charge is 2.06. The third-order valence-corrected chi connectivity index (χ3v) is 2.62. The molecule has 0 saturated carbocycles. The average Bonchev–Trinajstić information content (AvgIpc) is 2.41. The summed E-state index contributed by atoms with van der Waals surface area (Å²) in [6.45, 7) is 1.91. The van der Waals surface area contributed by atoms with Crippen molar-refractivity contribution in [1.29, 1.82) is 10.7 Å². The molecule has 0 aliphatic heterocycles. The fraction of sp³-hybridized carbons (Fsp3) is 0.0769. The van der Waals surface area contributed by atoms with Crippen LogP contribution in [-0.2, 0) is 0 Å². The summed E-state index contributed by atoms with van der Waals surface area (Å²) in [4.78, 5) is 4.29. The lowest BCUT2D eigenvalue weighted by Gasteiger charge is -2.08. The highest BCUT2D eigenvalue weighted by atomic mass is 15.3. The highest BCUT2D eigenvalue weighted by Crippen LogP contribution is 2.24. The van der Waals surface area contributed by atoms with Gasteiger partial charge in [0, 0.05) is 11.6 Å². The number of hydrogen-bond donors (Lipinski definition) is 3. The molecule has 6 heteroatoms. The van der Waals surface area contributed by atoms with Crippen LogP contribution in [0.4, 0.5) is 5.69 Å². The van der Waals surface area contributed by atoms with E-state index in [1.54, 1.807) is 12.3 Å². The minimum absolute atomic E-state index is 0.160. The Kier molecular flexibility index (Phi) is 3.39. The van der Waals surface area contributed by atoms with Crippen molar-refractivity contribution in [3.63, 3.8) is 0 Å². The summed E-state index contributed by atoms with van der Waals surface area (Å²) in [5.41, 5.74) is 10.2. The zero-order valence-corrected chi connectivity index (χ0v) is 10.3. The molecule has 0 atom stereocenters. The second-order valence-corrected chi connectivity index (χ2v) is 3.93. The van der Waals surface area contributed by atoms with Gasteiger partial charge in [-0.05, 0) is 18.6 Å². The quantitative estimate of drug-likeness (QED) is 0.439. The standard InChI is InChI=1S/C13H12N6/c1-8-4-5-9-3-2-6-17-12(9)11(8)19-18-10(7-14)13(15)16/h2-6,19H,1H3,(H3,15,16)/b18-10+. The third kappa shape index (κ3) is 2.50. The first-order valence-electron chi connectivity index (χ1n) is 5.56. The molecule has 0 aliphatic carbocycles. The molecule has 0 radical (unpaired) electrons. The van der Waals surface area contributed by atoms with Crippen LogP contribution >= 0.6 is 0 Å². The second-order valence-electron chi connectivity index (χ2n) is 3.93. The molecule has 2 rings (SSSR count). The maximum Gasteiger partial charge on any atom is 0.201 e. The van der Waals surface area contributed by atoms with Gasteiger partial charge in [-0.1, -0.05) is 18.2 Å². The number of pyridine rings is 1. The molecule has 19 heavy (non-hydrogen) atoms. The summed E-state index contributed by atoms with van der Waals surface area (Å²) < 4.78 is 0. The number of aromatic nitrogens is 1. The molecular weight excluding hydrogens is 240 g/mol. The maximum absolute atomic E-state index is 8.80. The van der Waals surface area contributed by atoms with Gasteiger partial charge in [-0.25, -0.2) is 0 Å². The number of nitrogens with two attached hydrogens (primary N) is 1. The van der Waals surface area contributed by atoms with Gasteiger partial charge in [0.2, 0.25) is 5.71 Å². The molecule has 1 aromatic heterocycles. The van der Waals surface area contributed by atoms with Crippen molar-refractivity contribution < 1.29 is 0 Å². The van der Waals surface area contributed by atoms with Gasteiger partial charge < -0.3 is 5.73 Å². The fourth-order valence-corrected chi connectivity index (χ4v) is 1.64. The van der Waals surface area contributed by atoms with E-state index in [0.29, 0.717) is 5.69 Å². The largest absolute Gasteiger partial charge is 0.382 e. The Hall–Kier alpha value is -2.94. The zero-order valence-electron chi connectivity index (χ0n) is 10.3. The molecule has 0 fully saturated rings. The number of nitrogens with one attached hydrogen (secondary N) is 2. The third-order valence-electron chi connectivity index (χ3n) is 2.62. The van der Waals surface area contributed by atoms with Crippen molar-refractivity contribution in [3.8, 4) is 6.07 Å². The summed E-state index contributed by atoms with van der Waals surface area (Å²) in [5.74, 6) is -0.374. The second kappa shape index (κ2) is 5.14. The van der Waals surface area contributed by atoms with Gasteiger partial charge >= 0.3 is 0 Å². The summed E-state index contributed by atoms with van der Waals surface area (Å²) in [5, 5.41) is 20.8. The van der Waals surface area contributed by atoms with Crippen LogP contribution in [0.25, 0.3) is 10.9 Å². The molecular formula is C13H12N6. The van der Waals surface area contributed by atoms with Crippen LogP contribution in [0.5, 0.6) is 0 Å². The van der Waals surface area contributed by atoms with Gasteiger partial charge in [0.05, 0.1) is 11.2 Å². The van der Waals surface area contributed by atoms with Gasteiger partial charge in [-0.3, -0.25) is 15.8 Å². The van der Waals surface area contributed by atoms with E-state index in [2.05, 4.69) is 15.5 Å². The van der Waals surface area contributed by atoms with Crippen LogP contribution in [0.3, 0.4) is 0 Å². The van der Waals surface area contributed by atoms with Crippen molar-refractivity contribution in [2.24, 2.45) is 10.8 Å². The monoisotopic (exact) mass is 252 g/mol. The van der Waals surface area contributed by atoms with Crippen LogP contribution in [0.1, 0.15) is 5.56 Å². The fourth-order valence-electron chi connectivity index (χ4n) is 1.64. The molecule has 0 unspecified atom stereocenters. The van der Waals surface area contributed by atoms with Crippen molar-refractivity contribution in [2.75, 3.05) is 5.43 Å². The lowest BCUT2D eigenvalue weighted by molar-refractivity contribution is 1.29. The van der Waals surface area contributed by atoms with Crippen molar-refractivity contribution in [2.45, 2.75) is 6.92 Å². The summed E-state index contributed by atoms with van der Waals surface area (Å²) in [6.07, 6.45) is 1.69. The van der Waals surface area contributed by atoms with Gasteiger partial charge in [-0.2, -0.15) is 10.4 Å². The molecule has 0 spiro atoms. The molecule has 0 bridgehead atoms. The van der Waals surface area contributed by atoms with E-state index < -0.39 is 0 Å². The molecule has 2 aromatic rings. The van der Waals surface area contributed by atoms with Gasteiger partial charge in [0.1, 0.15) is 6.07 Å². The number of hydrazone groups is 1. The summed E-state index contributed by atoms with van der Waals surface area (Å²) in [6, 6.07) is 9.44. The molecule has 1 heterocycles. The maximum atomic E-state index is 8.80. The number of nitriles is 1. The average molecular weight is 252 g/mol. The minimum Gasteiger partial charge on any atom is -0.382 e. The van der Waals surface area contributed by atoms with E-state index in [1.807, 2.05) is 31.2 Å². The Morgan fingerprint density at radius 2 is 2.26 bits per heavy atom. The number of anilines is 1.